The molecule has 0 saturated heterocycles. The molecule has 7 aromatic carbocycles. The number of para-hydroxylation sites is 3. The lowest BCUT2D eigenvalue weighted by molar-refractivity contribution is 0.632. The summed E-state index contributed by atoms with van der Waals surface area (Å²) in [6.45, 7) is 4.68. The third-order valence-electron chi connectivity index (χ3n) is 10.5. The first-order chi connectivity index (χ1) is 26.5. The quantitative estimate of drug-likeness (QED) is 0.177. The molecule has 0 aliphatic carbocycles. The van der Waals surface area contributed by atoms with E-state index >= 15 is 0 Å². The summed E-state index contributed by atoms with van der Waals surface area (Å²) >= 11 is 1.83. The third-order valence-corrected chi connectivity index (χ3v) is 11.6. The fraction of sp³-hybridized carbons (Fsp3) is 0.0625. The van der Waals surface area contributed by atoms with Gasteiger partial charge >= 0.3 is 0 Å². The van der Waals surface area contributed by atoms with Crippen LogP contribution in [-0.2, 0) is 5.41 Å². The van der Waals surface area contributed by atoms with E-state index in [0.717, 1.165) is 33.8 Å². The minimum Gasteiger partial charge on any atom is -0.310 e. The molecule has 2 aliphatic heterocycles. The first kappa shape index (κ1) is 32.2. The third kappa shape index (κ3) is 5.37. The number of hydrogen-bond acceptors (Lipinski definition) is 6. The van der Waals surface area contributed by atoms with Crippen LogP contribution in [0.2, 0.25) is 0 Å². The van der Waals surface area contributed by atoms with Gasteiger partial charge in [0.05, 0.1) is 22.7 Å². The van der Waals surface area contributed by atoms with Gasteiger partial charge in [0.2, 0.25) is 0 Å². The summed E-state index contributed by atoms with van der Waals surface area (Å²) in [6, 6.07) is 62.0. The van der Waals surface area contributed by atoms with E-state index in [-0.39, 0.29) is 5.41 Å². The highest BCUT2D eigenvalue weighted by atomic mass is 32.2. The Labute approximate surface area is 319 Å². The monoisotopic (exact) mass is 713 g/mol. The lowest BCUT2D eigenvalue weighted by Crippen LogP contribution is -2.31. The fourth-order valence-electron chi connectivity index (χ4n) is 7.78. The van der Waals surface area contributed by atoms with Gasteiger partial charge in [-0.15, -0.1) is 0 Å². The number of fused-ring (bicyclic) bond motifs is 4. The molecule has 0 bridgehead atoms. The van der Waals surface area contributed by atoms with E-state index in [1.807, 2.05) is 72.4 Å². The highest BCUT2D eigenvalue weighted by Gasteiger charge is 2.38. The van der Waals surface area contributed by atoms with Crippen LogP contribution in [0.1, 0.15) is 25.0 Å². The van der Waals surface area contributed by atoms with Crippen molar-refractivity contribution in [2.45, 2.75) is 29.1 Å². The summed E-state index contributed by atoms with van der Waals surface area (Å²) < 4.78 is 0. The van der Waals surface area contributed by atoms with Crippen molar-refractivity contribution >= 4 is 45.9 Å². The van der Waals surface area contributed by atoms with Crippen LogP contribution >= 0.6 is 11.8 Å². The van der Waals surface area contributed by atoms with Crippen LogP contribution in [0.15, 0.2) is 186 Å². The van der Waals surface area contributed by atoms with E-state index in [9.17, 15) is 0 Å². The van der Waals surface area contributed by atoms with Gasteiger partial charge in [-0.1, -0.05) is 129 Å². The van der Waals surface area contributed by atoms with Gasteiger partial charge in [0.1, 0.15) is 0 Å². The second-order valence-corrected chi connectivity index (χ2v) is 15.2. The largest absolute Gasteiger partial charge is 0.310 e. The first-order valence-corrected chi connectivity index (χ1v) is 19.0. The average molecular weight is 714 g/mol. The predicted molar refractivity (Wildman–Crippen MR) is 222 cm³/mol. The summed E-state index contributed by atoms with van der Waals surface area (Å²) in [6.07, 6.45) is 0. The summed E-state index contributed by atoms with van der Waals surface area (Å²) in [7, 11) is 0. The van der Waals surface area contributed by atoms with Gasteiger partial charge in [-0.05, 0) is 83.9 Å². The van der Waals surface area contributed by atoms with Gasteiger partial charge in [-0.25, -0.2) is 15.0 Å². The molecule has 258 valence electrons. The van der Waals surface area contributed by atoms with Crippen LogP contribution in [0.5, 0.6) is 0 Å². The van der Waals surface area contributed by atoms with Crippen molar-refractivity contribution in [3.8, 4) is 34.2 Å². The van der Waals surface area contributed by atoms with Gasteiger partial charge in [0.15, 0.2) is 17.5 Å². The molecule has 0 fully saturated rings. The summed E-state index contributed by atoms with van der Waals surface area (Å²) in [5, 5.41) is 0. The van der Waals surface area contributed by atoms with E-state index in [2.05, 4.69) is 139 Å². The lowest BCUT2D eigenvalue weighted by Gasteiger charge is -2.43. The van der Waals surface area contributed by atoms with Crippen LogP contribution < -0.4 is 9.80 Å². The topological polar surface area (TPSA) is 45.2 Å². The van der Waals surface area contributed by atoms with Crippen molar-refractivity contribution in [3.63, 3.8) is 0 Å². The molecule has 3 heterocycles. The molecule has 2 aliphatic rings. The van der Waals surface area contributed by atoms with Gasteiger partial charge in [0, 0.05) is 43.3 Å². The van der Waals surface area contributed by atoms with Crippen molar-refractivity contribution < 1.29 is 0 Å². The molecule has 54 heavy (non-hydrogen) atoms. The van der Waals surface area contributed by atoms with Gasteiger partial charge in [0.25, 0.3) is 0 Å². The molecule has 0 atom stereocenters. The number of anilines is 6. The second-order valence-electron chi connectivity index (χ2n) is 14.1. The van der Waals surface area contributed by atoms with Gasteiger partial charge in [-0.2, -0.15) is 0 Å². The normalized spacial score (nSPS) is 13.7. The number of nitrogens with zero attached hydrogens (tertiary/aromatic N) is 5. The summed E-state index contributed by atoms with van der Waals surface area (Å²) in [4.78, 5) is 22.4. The van der Waals surface area contributed by atoms with Gasteiger partial charge < -0.3 is 9.80 Å². The Morgan fingerprint density at radius 3 is 1.41 bits per heavy atom. The Bertz CT molecular complexity index is 2570. The zero-order valence-electron chi connectivity index (χ0n) is 29.9. The second kappa shape index (κ2) is 12.9. The standard InChI is InChI=1S/C48H35N5S/c1-48(2)37-30-34(47-50-45(32-16-6-3-7-17-32)49-46(51-47)33-18-8-4-9-19-33)26-28-39(37)52(35-20-10-5-11-21-35)40-29-27-36(31-38(40)48)53-41-22-12-14-24-43(41)54-44-25-15-13-23-42(44)53/h3-31H,1-2H3. The zero-order valence-corrected chi connectivity index (χ0v) is 30.7. The number of rotatable bonds is 5. The number of hydrogen-bond donors (Lipinski definition) is 0. The Balaban J connectivity index is 1.16. The maximum atomic E-state index is 5.09. The highest BCUT2D eigenvalue weighted by molar-refractivity contribution is 7.99. The molecule has 1 aromatic heterocycles. The molecule has 0 amide bonds. The van der Waals surface area contributed by atoms with Crippen LogP contribution in [0.3, 0.4) is 0 Å². The maximum absolute atomic E-state index is 5.09. The van der Waals surface area contributed by atoms with Crippen LogP contribution in [0.4, 0.5) is 34.1 Å². The summed E-state index contributed by atoms with van der Waals surface area (Å²) in [5.41, 5.74) is 11.9. The van der Waals surface area contributed by atoms with Crippen molar-refractivity contribution in [3.05, 3.63) is 187 Å². The molecule has 10 rings (SSSR count). The minimum atomic E-state index is -0.372. The van der Waals surface area contributed by atoms with E-state index < -0.39 is 0 Å². The predicted octanol–water partition coefficient (Wildman–Crippen LogP) is 12.9. The van der Waals surface area contributed by atoms with E-state index in [4.69, 9.17) is 15.0 Å². The molecule has 5 nitrogen and oxygen atoms in total. The molecular formula is C48H35N5S. The van der Waals surface area contributed by atoms with E-state index in [1.54, 1.807) is 0 Å². The molecule has 0 N–H and O–H groups in total. The molecule has 0 radical (unpaired) electrons. The minimum absolute atomic E-state index is 0.372. The van der Waals surface area contributed by atoms with Crippen molar-refractivity contribution in [2.24, 2.45) is 0 Å². The lowest BCUT2D eigenvalue weighted by atomic mass is 9.73. The molecule has 8 aromatic rings. The van der Waals surface area contributed by atoms with E-state index in [1.165, 1.54) is 38.0 Å². The first-order valence-electron chi connectivity index (χ1n) is 18.2. The Hall–Kier alpha value is -6.50. The summed E-state index contributed by atoms with van der Waals surface area (Å²) in [5.74, 6) is 1.95. The molecular weight excluding hydrogens is 679 g/mol. The average Bonchev–Trinajstić information content (AvgIpc) is 3.23. The zero-order chi connectivity index (χ0) is 36.2. The SMILES string of the molecule is CC1(C)c2cc(-c3nc(-c4ccccc4)nc(-c4ccccc4)n3)ccc2N(c2ccccc2)c2ccc(N3c4ccccc4Sc4ccccc43)cc21. The highest BCUT2D eigenvalue weighted by Crippen LogP contribution is 2.56. The van der Waals surface area contributed by atoms with Crippen LogP contribution in [0, 0.1) is 0 Å². The molecule has 0 spiro atoms. The maximum Gasteiger partial charge on any atom is 0.164 e. The van der Waals surface area contributed by atoms with Crippen molar-refractivity contribution in [1.29, 1.82) is 0 Å². The molecule has 0 saturated carbocycles. The van der Waals surface area contributed by atoms with E-state index in [0.29, 0.717) is 17.5 Å². The van der Waals surface area contributed by atoms with Crippen molar-refractivity contribution in [2.75, 3.05) is 9.80 Å². The van der Waals surface area contributed by atoms with Crippen LogP contribution in [-0.4, -0.2) is 15.0 Å². The van der Waals surface area contributed by atoms with Crippen LogP contribution in [0.25, 0.3) is 34.2 Å². The van der Waals surface area contributed by atoms with Gasteiger partial charge in [-0.3, -0.25) is 0 Å². The Morgan fingerprint density at radius 1 is 0.389 bits per heavy atom. The van der Waals surface area contributed by atoms with Crippen molar-refractivity contribution in [1.82, 2.24) is 15.0 Å². The fourth-order valence-corrected chi connectivity index (χ4v) is 8.84. The Morgan fingerprint density at radius 2 is 0.833 bits per heavy atom. The number of benzene rings is 7. The molecule has 6 heteroatoms. The number of aromatic nitrogens is 3. The smallest absolute Gasteiger partial charge is 0.164 e. The molecule has 0 unspecified atom stereocenters. The Kier molecular flexibility index (Phi) is 7.67.